The summed E-state index contributed by atoms with van der Waals surface area (Å²) in [6.45, 7) is 5.89. The lowest BCUT2D eigenvalue weighted by Gasteiger charge is -2.16. The number of rotatable bonds is 6. The highest BCUT2D eigenvalue weighted by molar-refractivity contribution is 6.30. The van der Waals surface area contributed by atoms with Gasteiger partial charge < -0.3 is 15.7 Å². The third-order valence-corrected chi connectivity index (χ3v) is 4.41. The minimum Gasteiger partial charge on any atom is -0.394 e. The normalized spacial score (nSPS) is 11.9. The van der Waals surface area contributed by atoms with E-state index in [1.165, 1.54) is 0 Å². The molecule has 0 aliphatic heterocycles. The minimum absolute atomic E-state index is 0.00289. The number of nitrogens with one attached hydrogen (secondary N) is 2. The predicted octanol–water partition coefficient (Wildman–Crippen LogP) is 4.95. The summed E-state index contributed by atoms with van der Waals surface area (Å²) >= 11 is 6.14. The van der Waals surface area contributed by atoms with Crippen molar-refractivity contribution in [1.29, 1.82) is 0 Å². The lowest BCUT2D eigenvalue weighted by atomic mass is 10.1. The van der Waals surface area contributed by atoms with E-state index in [0.29, 0.717) is 16.8 Å². The van der Waals surface area contributed by atoms with Crippen LogP contribution < -0.4 is 10.6 Å². The van der Waals surface area contributed by atoms with E-state index < -0.39 is 0 Å². The molecule has 0 unspecified atom stereocenters. The second kappa shape index (κ2) is 8.37. The van der Waals surface area contributed by atoms with Gasteiger partial charge in [0.25, 0.3) is 0 Å². The van der Waals surface area contributed by atoms with Crippen molar-refractivity contribution in [1.82, 2.24) is 9.97 Å². The van der Waals surface area contributed by atoms with Crippen LogP contribution in [0.3, 0.4) is 0 Å². The van der Waals surface area contributed by atoms with Crippen LogP contribution in [0.4, 0.5) is 17.5 Å². The number of aryl methyl sites for hydroxylation is 2. The summed E-state index contributed by atoms with van der Waals surface area (Å²) in [7, 11) is 0. The number of aliphatic hydroxyl groups excluding tert-OH is 1. The molecule has 3 rings (SSSR count). The molecule has 1 heterocycles. The molecule has 1 aromatic heterocycles. The van der Waals surface area contributed by atoms with E-state index in [-0.39, 0.29) is 12.6 Å². The molecule has 0 spiro atoms. The average Bonchev–Trinajstić information content (AvgIpc) is 2.65. The van der Waals surface area contributed by atoms with Crippen molar-refractivity contribution in [2.24, 2.45) is 0 Å². The predicted molar refractivity (Wildman–Crippen MR) is 112 cm³/mol. The summed E-state index contributed by atoms with van der Waals surface area (Å²) in [5.74, 6) is 1.13. The van der Waals surface area contributed by atoms with Crippen LogP contribution in [0.25, 0.3) is 11.3 Å². The molecule has 27 heavy (non-hydrogen) atoms. The van der Waals surface area contributed by atoms with Crippen LogP contribution in [-0.4, -0.2) is 27.7 Å². The third kappa shape index (κ3) is 4.76. The SMILES string of the molecule is Cc1cc(Cl)cc(C)c1Nc1cc(-c2ccccc2)nc(N[C@@H](C)CO)n1. The molecule has 0 bridgehead atoms. The first-order chi connectivity index (χ1) is 13.0. The fourth-order valence-corrected chi connectivity index (χ4v) is 3.16. The zero-order chi connectivity index (χ0) is 19.4. The summed E-state index contributed by atoms with van der Waals surface area (Å²) < 4.78 is 0. The van der Waals surface area contributed by atoms with Crippen molar-refractivity contribution >= 4 is 29.1 Å². The molecule has 0 saturated carbocycles. The van der Waals surface area contributed by atoms with Gasteiger partial charge in [-0.15, -0.1) is 0 Å². The van der Waals surface area contributed by atoms with E-state index in [0.717, 1.165) is 28.1 Å². The number of aromatic nitrogens is 2. The van der Waals surface area contributed by atoms with Gasteiger partial charge in [-0.2, -0.15) is 4.98 Å². The molecule has 140 valence electrons. The van der Waals surface area contributed by atoms with Gasteiger partial charge in [-0.05, 0) is 44.0 Å². The molecule has 0 radical (unpaired) electrons. The molecule has 1 atom stereocenters. The van der Waals surface area contributed by atoms with Crippen molar-refractivity contribution in [2.45, 2.75) is 26.8 Å². The Balaban J connectivity index is 2.02. The maximum Gasteiger partial charge on any atom is 0.225 e. The molecule has 0 aliphatic carbocycles. The van der Waals surface area contributed by atoms with Gasteiger partial charge in [0.1, 0.15) is 5.82 Å². The van der Waals surface area contributed by atoms with E-state index in [2.05, 4.69) is 20.6 Å². The average molecular weight is 383 g/mol. The summed E-state index contributed by atoms with van der Waals surface area (Å²) in [6.07, 6.45) is 0. The van der Waals surface area contributed by atoms with Crippen LogP contribution in [-0.2, 0) is 0 Å². The second-order valence-corrected chi connectivity index (χ2v) is 7.03. The maximum absolute atomic E-state index is 9.34. The quantitative estimate of drug-likeness (QED) is 0.562. The molecular formula is C21H23ClN4O. The number of nitrogens with zero attached hydrogens (tertiary/aromatic N) is 2. The molecule has 3 aromatic rings. The van der Waals surface area contributed by atoms with Crippen molar-refractivity contribution in [3.63, 3.8) is 0 Å². The highest BCUT2D eigenvalue weighted by Crippen LogP contribution is 2.29. The Hall–Kier alpha value is -2.63. The lowest BCUT2D eigenvalue weighted by molar-refractivity contribution is 0.281. The van der Waals surface area contributed by atoms with Crippen molar-refractivity contribution in [3.8, 4) is 11.3 Å². The van der Waals surface area contributed by atoms with Gasteiger partial charge in [0.05, 0.1) is 12.3 Å². The molecule has 0 aliphatic rings. The van der Waals surface area contributed by atoms with Crippen molar-refractivity contribution in [2.75, 3.05) is 17.2 Å². The summed E-state index contributed by atoms with van der Waals surface area (Å²) in [5.41, 5.74) is 4.84. The van der Waals surface area contributed by atoms with Gasteiger partial charge >= 0.3 is 0 Å². The van der Waals surface area contributed by atoms with Gasteiger partial charge in [0, 0.05) is 28.4 Å². The van der Waals surface area contributed by atoms with Gasteiger partial charge in [0.15, 0.2) is 0 Å². The fourth-order valence-electron chi connectivity index (χ4n) is 2.83. The Morgan fingerprint density at radius 3 is 2.33 bits per heavy atom. The Morgan fingerprint density at radius 2 is 1.70 bits per heavy atom. The van der Waals surface area contributed by atoms with Crippen LogP contribution >= 0.6 is 11.6 Å². The lowest BCUT2D eigenvalue weighted by Crippen LogP contribution is -2.21. The largest absolute Gasteiger partial charge is 0.394 e. The van der Waals surface area contributed by atoms with E-state index in [1.54, 1.807) is 0 Å². The van der Waals surface area contributed by atoms with Gasteiger partial charge in [-0.1, -0.05) is 41.9 Å². The molecular weight excluding hydrogens is 360 g/mol. The highest BCUT2D eigenvalue weighted by Gasteiger charge is 2.11. The van der Waals surface area contributed by atoms with E-state index in [9.17, 15) is 5.11 Å². The smallest absolute Gasteiger partial charge is 0.225 e. The number of anilines is 3. The highest BCUT2D eigenvalue weighted by atomic mass is 35.5. The van der Waals surface area contributed by atoms with E-state index in [4.69, 9.17) is 11.6 Å². The van der Waals surface area contributed by atoms with E-state index >= 15 is 0 Å². The first kappa shape index (κ1) is 19.1. The van der Waals surface area contributed by atoms with Gasteiger partial charge in [0.2, 0.25) is 5.95 Å². The van der Waals surface area contributed by atoms with Crippen LogP contribution in [0, 0.1) is 13.8 Å². The van der Waals surface area contributed by atoms with Crippen LogP contribution in [0.2, 0.25) is 5.02 Å². The Morgan fingerprint density at radius 1 is 1.04 bits per heavy atom. The Labute approximate surface area is 164 Å². The molecule has 0 saturated heterocycles. The number of halogens is 1. The van der Waals surface area contributed by atoms with Gasteiger partial charge in [-0.3, -0.25) is 0 Å². The number of benzene rings is 2. The number of hydrogen-bond donors (Lipinski definition) is 3. The summed E-state index contributed by atoms with van der Waals surface area (Å²) in [4.78, 5) is 9.17. The number of aliphatic hydroxyl groups is 1. The second-order valence-electron chi connectivity index (χ2n) is 6.60. The zero-order valence-corrected chi connectivity index (χ0v) is 16.4. The summed E-state index contributed by atoms with van der Waals surface area (Å²) in [5, 5.41) is 16.6. The fraction of sp³-hybridized carbons (Fsp3) is 0.238. The topological polar surface area (TPSA) is 70.1 Å². The molecule has 0 fully saturated rings. The minimum atomic E-state index is -0.150. The van der Waals surface area contributed by atoms with Crippen molar-refractivity contribution in [3.05, 3.63) is 64.7 Å². The van der Waals surface area contributed by atoms with Crippen LogP contribution in [0.5, 0.6) is 0 Å². The van der Waals surface area contributed by atoms with Crippen molar-refractivity contribution < 1.29 is 5.11 Å². The molecule has 5 nitrogen and oxygen atoms in total. The molecule has 2 aromatic carbocycles. The van der Waals surface area contributed by atoms with Gasteiger partial charge in [-0.25, -0.2) is 4.98 Å². The monoisotopic (exact) mass is 382 g/mol. The Bertz CT molecular complexity index is 908. The van der Waals surface area contributed by atoms with Crippen LogP contribution in [0.15, 0.2) is 48.5 Å². The zero-order valence-electron chi connectivity index (χ0n) is 15.6. The first-order valence-electron chi connectivity index (χ1n) is 8.82. The molecule has 6 heteroatoms. The van der Waals surface area contributed by atoms with Crippen LogP contribution in [0.1, 0.15) is 18.1 Å². The molecule has 0 amide bonds. The van der Waals surface area contributed by atoms with E-state index in [1.807, 2.05) is 69.3 Å². The first-order valence-corrected chi connectivity index (χ1v) is 9.19. The Kier molecular flexibility index (Phi) is 5.94. The standard InChI is InChI=1S/C21H23ClN4O/c1-13-9-17(22)10-14(2)20(13)25-19-11-18(16-7-5-4-6-8-16)24-21(26-19)23-15(3)12-27/h4-11,15,27H,12H2,1-3H3,(H2,23,24,25,26)/t15-/m0/s1. The third-order valence-electron chi connectivity index (χ3n) is 4.20. The maximum atomic E-state index is 9.34. The molecule has 3 N–H and O–H groups in total. The summed E-state index contributed by atoms with van der Waals surface area (Å²) in [6, 6.07) is 15.5. The number of hydrogen-bond acceptors (Lipinski definition) is 5.